The number of carbonyl (C=O) groups excluding carboxylic acids is 2. The third-order valence-electron chi connectivity index (χ3n) is 5.61. The number of amides is 1. The zero-order chi connectivity index (χ0) is 21.6. The number of Topliss-reactive ketones (excluding diaryl/α,β-unsaturated/α-hetero) is 1. The van der Waals surface area contributed by atoms with E-state index in [-0.39, 0.29) is 30.8 Å². The maximum absolute atomic E-state index is 13.4. The molecule has 1 fully saturated rings. The summed E-state index contributed by atoms with van der Waals surface area (Å²) in [7, 11) is 1.44. The first-order chi connectivity index (χ1) is 14.5. The topological polar surface area (TPSA) is 65.1 Å². The average molecular weight is 411 g/mol. The average Bonchev–Trinajstić information content (AvgIpc) is 3.08. The van der Waals surface area contributed by atoms with Crippen molar-refractivity contribution in [3.05, 3.63) is 65.7 Å². The lowest BCUT2D eigenvalue weighted by atomic mass is 9.75. The van der Waals surface area contributed by atoms with Crippen LogP contribution < -0.4 is 4.74 Å². The fraction of sp³-hybridized carbons (Fsp3) is 0.417. The Morgan fingerprint density at radius 1 is 1.13 bits per heavy atom. The Balaban J connectivity index is 1.77. The highest BCUT2D eigenvalue weighted by Crippen LogP contribution is 2.40. The van der Waals surface area contributed by atoms with E-state index in [1.54, 1.807) is 4.90 Å². The van der Waals surface area contributed by atoms with Gasteiger partial charge in [0.15, 0.2) is 0 Å². The molecule has 1 amide bonds. The molecule has 0 aliphatic carbocycles. The smallest absolute Gasteiger partial charge is 0.234 e. The summed E-state index contributed by atoms with van der Waals surface area (Å²) < 4.78 is 5.86. The van der Waals surface area contributed by atoms with E-state index in [9.17, 15) is 9.59 Å². The molecule has 2 atom stereocenters. The second-order valence-electron chi connectivity index (χ2n) is 7.81. The maximum atomic E-state index is 13.4. The van der Waals surface area contributed by atoms with Crippen molar-refractivity contribution in [2.45, 2.75) is 44.8 Å². The van der Waals surface area contributed by atoms with Crippen molar-refractivity contribution in [3.63, 3.8) is 0 Å². The second kappa shape index (κ2) is 9.87. The van der Waals surface area contributed by atoms with Gasteiger partial charge in [0, 0.05) is 13.0 Å². The molecule has 6 heteroatoms. The molecule has 2 aromatic rings. The van der Waals surface area contributed by atoms with E-state index in [4.69, 9.17) is 9.62 Å². The Bertz CT molecular complexity index is 852. The van der Waals surface area contributed by atoms with Crippen molar-refractivity contribution in [3.8, 4) is 5.75 Å². The van der Waals surface area contributed by atoms with E-state index in [1.807, 2.05) is 61.5 Å². The van der Waals surface area contributed by atoms with Crippen LogP contribution >= 0.6 is 0 Å². The van der Waals surface area contributed by atoms with Crippen molar-refractivity contribution in [1.82, 2.24) is 4.90 Å². The summed E-state index contributed by atoms with van der Waals surface area (Å²) in [5.41, 5.74) is 1.09. The van der Waals surface area contributed by atoms with Gasteiger partial charge in [-0.2, -0.15) is 0 Å². The van der Waals surface area contributed by atoms with Crippen LogP contribution in [-0.4, -0.2) is 42.9 Å². The molecule has 0 N–H and O–H groups in total. The lowest BCUT2D eigenvalue weighted by molar-refractivity contribution is -0.278. The molecule has 6 nitrogen and oxygen atoms in total. The minimum atomic E-state index is -0.842. The van der Waals surface area contributed by atoms with E-state index in [0.29, 0.717) is 19.6 Å². The zero-order valence-electron chi connectivity index (χ0n) is 17.8. The number of carbonyl (C=O) groups is 2. The maximum Gasteiger partial charge on any atom is 0.234 e. The zero-order valence-corrected chi connectivity index (χ0v) is 17.8. The van der Waals surface area contributed by atoms with E-state index in [0.717, 1.165) is 16.9 Å². The van der Waals surface area contributed by atoms with Gasteiger partial charge < -0.3 is 9.64 Å². The van der Waals surface area contributed by atoms with Gasteiger partial charge in [-0.1, -0.05) is 42.5 Å². The van der Waals surface area contributed by atoms with Gasteiger partial charge in [0.05, 0.1) is 18.6 Å². The van der Waals surface area contributed by atoms with E-state index < -0.39 is 5.41 Å². The SMILES string of the molecule is COOCC(C)N1CCC(CC(C)=O)(c2ccc(OCc3ccccc3)cc2)C1=O. The Morgan fingerprint density at radius 2 is 1.83 bits per heavy atom. The van der Waals surface area contributed by atoms with Gasteiger partial charge in [0.25, 0.3) is 0 Å². The Morgan fingerprint density at radius 3 is 2.47 bits per heavy atom. The first-order valence-corrected chi connectivity index (χ1v) is 10.2. The van der Waals surface area contributed by atoms with Gasteiger partial charge in [-0.05, 0) is 43.5 Å². The Hall–Kier alpha value is -2.70. The van der Waals surface area contributed by atoms with Crippen LogP contribution in [0.25, 0.3) is 0 Å². The minimum absolute atomic E-state index is 0.00426. The van der Waals surface area contributed by atoms with Gasteiger partial charge in [0.2, 0.25) is 5.91 Å². The summed E-state index contributed by atoms with van der Waals surface area (Å²) in [5, 5.41) is 0. The van der Waals surface area contributed by atoms with Gasteiger partial charge in [0.1, 0.15) is 24.7 Å². The largest absolute Gasteiger partial charge is 0.489 e. The molecule has 0 saturated carbocycles. The van der Waals surface area contributed by atoms with Crippen LogP contribution in [0.15, 0.2) is 54.6 Å². The molecule has 160 valence electrons. The Labute approximate surface area is 177 Å². The quantitative estimate of drug-likeness (QED) is 0.441. The Kier molecular flexibility index (Phi) is 7.24. The van der Waals surface area contributed by atoms with E-state index in [1.165, 1.54) is 14.0 Å². The van der Waals surface area contributed by atoms with Crippen molar-refractivity contribution in [1.29, 1.82) is 0 Å². The van der Waals surface area contributed by atoms with Crippen molar-refractivity contribution < 1.29 is 24.1 Å². The molecule has 30 heavy (non-hydrogen) atoms. The molecule has 1 saturated heterocycles. The molecule has 2 aromatic carbocycles. The van der Waals surface area contributed by atoms with E-state index >= 15 is 0 Å². The van der Waals surface area contributed by atoms with Gasteiger partial charge in [-0.15, -0.1) is 0 Å². The molecule has 3 rings (SSSR count). The summed E-state index contributed by atoms with van der Waals surface area (Å²) in [4.78, 5) is 36.9. The normalized spacial score (nSPS) is 19.7. The fourth-order valence-electron chi connectivity index (χ4n) is 4.04. The number of likely N-dealkylation sites (tertiary alicyclic amines) is 1. The van der Waals surface area contributed by atoms with Crippen LogP contribution in [0.2, 0.25) is 0 Å². The number of ether oxygens (including phenoxy) is 1. The third-order valence-corrected chi connectivity index (χ3v) is 5.61. The molecule has 0 bridgehead atoms. The van der Waals surface area contributed by atoms with Crippen molar-refractivity contribution >= 4 is 11.7 Å². The summed E-state index contributed by atoms with van der Waals surface area (Å²) in [6.45, 7) is 4.79. The lowest BCUT2D eigenvalue weighted by Gasteiger charge is -2.30. The molecule has 0 radical (unpaired) electrons. The van der Waals surface area contributed by atoms with Crippen LogP contribution in [0.5, 0.6) is 5.75 Å². The van der Waals surface area contributed by atoms with Crippen molar-refractivity contribution in [2.75, 3.05) is 20.3 Å². The van der Waals surface area contributed by atoms with Gasteiger partial charge in [-0.3, -0.25) is 9.59 Å². The molecule has 2 unspecified atom stereocenters. The monoisotopic (exact) mass is 411 g/mol. The number of rotatable bonds is 10. The fourth-order valence-corrected chi connectivity index (χ4v) is 4.04. The highest BCUT2D eigenvalue weighted by molar-refractivity contribution is 5.95. The summed E-state index contributed by atoms with van der Waals surface area (Å²) in [6, 6.07) is 17.3. The molecule has 1 aliphatic rings. The second-order valence-corrected chi connectivity index (χ2v) is 7.81. The predicted octanol–water partition coefficient (Wildman–Crippen LogP) is 3.68. The molecule has 0 spiro atoms. The molecular weight excluding hydrogens is 382 g/mol. The van der Waals surface area contributed by atoms with Crippen LogP contribution in [0.4, 0.5) is 0 Å². The number of hydrogen-bond acceptors (Lipinski definition) is 5. The standard InChI is InChI=1S/C24H29NO5/c1-18(16-30-28-3)25-14-13-24(23(25)27,15-19(2)26)21-9-11-22(12-10-21)29-17-20-7-5-4-6-8-20/h4-12,18H,13-17H2,1-3H3. The van der Waals surface area contributed by atoms with Gasteiger partial charge >= 0.3 is 0 Å². The highest BCUT2D eigenvalue weighted by atomic mass is 17.2. The summed E-state index contributed by atoms with van der Waals surface area (Å²) >= 11 is 0. The van der Waals surface area contributed by atoms with Gasteiger partial charge in [-0.25, -0.2) is 9.78 Å². The minimum Gasteiger partial charge on any atom is -0.489 e. The van der Waals surface area contributed by atoms with Crippen LogP contribution in [0, 0.1) is 0 Å². The number of ketones is 1. The van der Waals surface area contributed by atoms with Crippen molar-refractivity contribution in [2.24, 2.45) is 0 Å². The molecular formula is C24H29NO5. The first-order valence-electron chi connectivity index (χ1n) is 10.2. The summed E-state index contributed by atoms with van der Waals surface area (Å²) in [5.74, 6) is 0.683. The predicted molar refractivity (Wildman–Crippen MR) is 113 cm³/mol. The summed E-state index contributed by atoms with van der Waals surface area (Å²) in [6.07, 6.45) is 0.775. The lowest BCUT2D eigenvalue weighted by Crippen LogP contribution is -2.44. The van der Waals surface area contributed by atoms with E-state index in [2.05, 4.69) is 4.89 Å². The van der Waals surface area contributed by atoms with Crippen LogP contribution in [0.3, 0.4) is 0 Å². The van der Waals surface area contributed by atoms with Crippen LogP contribution in [0.1, 0.15) is 37.8 Å². The molecule has 0 aromatic heterocycles. The highest BCUT2D eigenvalue weighted by Gasteiger charge is 2.49. The number of hydrogen-bond donors (Lipinski definition) is 0. The number of nitrogens with zero attached hydrogens (tertiary/aromatic N) is 1. The third kappa shape index (κ3) is 4.89. The molecule has 1 heterocycles. The first kappa shape index (κ1) is 22.0. The van der Waals surface area contributed by atoms with Crippen LogP contribution in [-0.2, 0) is 31.4 Å². The number of benzene rings is 2. The molecule has 1 aliphatic heterocycles.